The molecule has 1 aliphatic carbocycles. The van der Waals surface area contributed by atoms with Crippen molar-refractivity contribution in [3.63, 3.8) is 0 Å². The average Bonchev–Trinajstić information content (AvgIpc) is 3.61. The molecule has 4 aromatic carbocycles. The average molecular weight is 873 g/mol. The molecule has 0 bridgehead atoms. The molecule has 2 aliphatic rings. The van der Waals surface area contributed by atoms with Crippen molar-refractivity contribution < 1.29 is 28.5 Å². The minimum absolute atomic E-state index is 0. The van der Waals surface area contributed by atoms with E-state index < -0.39 is 16.7 Å². The van der Waals surface area contributed by atoms with Gasteiger partial charge in [0, 0.05) is 36.3 Å². The van der Waals surface area contributed by atoms with Gasteiger partial charge in [-0.3, -0.25) is 0 Å². The third-order valence-corrected chi connectivity index (χ3v) is 12.3. The molecule has 8 rings (SSSR count). The van der Waals surface area contributed by atoms with Crippen molar-refractivity contribution in [1.29, 1.82) is 0 Å². The zero-order valence-corrected chi connectivity index (χ0v) is 34.1. The monoisotopic (exact) mass is 872 g/mol. The number of pyridine rings is 1. The minimum atomic E-state index is -1.64. The second-order valence-electron chi connectivity index (χ2n) is 15.7. The van der Waals surface area contributed by atoms with Gasteiger partial charge in [0.2, 0.25) is 0 Å². The summed E-state index contributed by atoms with van der Waals surface area (Å²) in [5.74, 6) is 1.39. The first-order chi connectivity index (χ1) is 24.4. The van der Waals surface area contributed by atoms with Crippen LogP contribution in [0.1, 0.15) is 102 Å². The summed E-state index contributed by atoms with van der Waals surface area (Å²) >= 11 is 1.64. The third kappa shape index (κ3) is 5.80. The van der Waals surface area contributed by atoms with Gasteiger partial charge in [0.05, 0.1) is 15.8 Å². The largest absolute Gasteiger partial charge is 2.00 e. The van der Waals surface area contributed by atoms with Crippen LogP contribution in [0.2, 0.25) is 0 Å². The van der Waals surface area contributed by atoms with E-state index in [1.165, 1.54) is 5.56 Å². The van der Waals surface area contributed by atoms with E-state index in [1.807, 2.05) is 38.2 Å². The number of ether oxygens (including phenoxy) is 1. The van der Waals surface area contributed by atoms with E-state index in [0.29, 0.717) is 11.5 Å². The van der Waals surface area contributed by atoms with E-state index >= 15 is 0 Å². The molecule has 51 heavy (non-hydrogen) atoms. The molecule has 6 aromatic rings. The fourth-order valence-corrected chi connectivity index (χ4v) is 8.81. The molecule has 3 heterocycles. The minimum Gasteiger partial charge on any atom is -0.503 e. The van der Waals surface area contributed by atoms with Crippen molar-refractivity contribution >= 4 is 38.7 Å². The second-order valence-corrected chi connectivity index (χ2v) is 17.1. The molecule has 0 radical (unpaired) electrons. The van der Waals surface area contributed by atoms with Crippen molar-refractivity contribution in [3.8, 4) is 17.2 Å². The molecule has 2 aromatic heterocycles. The third-order valence-electron chi connectivity index (χ3n) is 10.8. The maximum absolute atomic E-state index is 9.45. The molecule has 0 amide bonds. The number of hydrogen-bond acceptors (Lipinski definition) is 4. The number of nitrogens with zero attached hydrogens (tertiary/aromatic N) is 3. The zero-order chi connectivity index (χ0) is 37.1. The van der Waals surface area contributed by atoms with Crippen LogP contribution in [0.4, 0.5) is 0 Å². The number of aromatic nitrogens is 2. The molecule has 0 saturated carbocycles. The molecule has 0 fully saturated rings. The molecule has 262 valence electrons. The molecule has 1 aliphatic heterocycles. The van der Waals surface area contributed by atoms with Gasteiger partial charge in [0.25, 0.3) is 0 Å². The van der Waals surface area contributed by atoms with E-state index in [0.717, 1.165) is 71.6 Å². The Labute approximate surface area is 324 Å². The molecule has 4 nitrogen and oxygen atoms in total. The van der Waals surface area contributed by atoms with Crippen molar-refractivity contribution in [2.75, 3.05) is 0 Å². The number of thioether (sulfide) groups is 1. The number of aryl methyl sites for hydroxylation is 2. The number of hydrogen-bond donors (Lipinski definition) is 0. The molecular formula is C45H45N3OPtS. The number of rotatable bonds is 5. The Morgan fingerprint density at radius 3 is 2.45 bits per heavy atom. The Morgan fingerprint density at radius 2 is 1.71 bits per heavy atom. The maximum atomic E-state index is 9.45. The fraction of sp³-hybridized carbons (Fsp3) is 0.333. The second kappa shape index (κ2) is 12.5. The summed E-state index contributed by atoms with van der Waals surface area (Å²) < 4.78 is 27.2. The molecule has 2 atom stereocenters. The summed E-state index contributed by atoms with van der Waals surface area (Å²) in [6.45, 7) is 21.3. The zero-order valence-electron chi connectivity index (χ0n) is 33.0. The van der Waals surface area contributed by atoms with E-state index in [1.54, 1.807) is 11.8 Å². The van der Waals surface area contributed by atoms with Crippen LogP contribution >= 0.6 is 11.8 Å². The van der Waals surface area contributed by atoms with Crippen LogP contribution in [0.15, 0.2) is 77.9 Å². The van der Waals surface area contributed by atoms with Crippen molar-refractivity contribution in [1.82, 2.24) is 9.55 Å². The van der Waals surface area contributed by atoms with Gasteiger partial charge in [-0.25, -0.2) is 4.98 Å². The van der Waals surface area contributed by atoms with E-state index in [-0.39, 0.29) is 32.4 Å². The Kier molecular flexibility index (Phi) is 8.13. The van der Waals surface area contributed by atoms with Crippen molar-refractivity contribution in [2.24, 2.45) is 4.99 Å². The van der Waals surface area contributed by atoms with Crippen LogP contribution in [0.3, 0.4) is 0 Å². The van der Waals surface area contributed by atoms with Crippen LogP contribution < -0.4 is 4.74 Å². The molecule has 0 spiro atoms. The number of benzene rings is 4. The van der Waals surface area contributed by atoms with Crippen molar-refractivity contribution in [2.45, 2.75) is 97.2 Å². The normalized spacial score (nSPS) is 21.3. The standard InChI is InChI=1S/C45H45N3OS.Pt/c1-26(2)30-20-31(42-47-44(9)25-38-29(5)28(4)13-15-39(38)45(44,10)50-42)22-35(21-30)49-34-19-27(3)18-33(24-34)48-40-16-14-32(43(6,7)8)23-37(40)36-12-11-17-46-41(36)48;/h11-21,23,26H,25H2,1-10H3;/q-2;+2/t44-,45+;/m1./s1/i25D2;. The summed E-state index contributed by atoms with van der Waals surface area (Å²) in [5.41, 5.74) is 9.99. The Hall–Kier alpha value is -3.66. The van der Waals surface area contributed by atoms with Crippen LogP contribution in [-0.4, -0.2) is 20.1 Å². The molecular weight excluding hydrogens is 826 g/mol. The van der Waals surface area contributed by atoms with Crippen LogP contribution in [-0.2, 0) is 37.6 Å². The van der Waals surface area contributed by atoms with Crippen LogP contribution in [0, 0.1) is 32.9 Å². The van der Waals surface area contributed by atoms with Crippen LogP contribution in [0.5, 0.6) is 11.5 Å². The van der Waals surface area contributed by atoms with E-state index in [2.05, 4.69) is 121 Å². The molecule has 0 unspecified atom stereocenters. The Morgan fingerprint density at radius 1 is 0.941 bits per heavy atom. The smallest absolute Gasteiger partial charge is 0.503 e. The van der Waals surface area contributed by atoms with Gasteiger partial charge < -0.3 is 14.3 Å². The van der Waals surface area contributed by atoms with E-state index in [9.17, 15) is 2.74 Å². The van der Waals surface area contributed by atoms with Gasteiger partial charge in [-0.05, 0) is 97.5 Å². The summed E-state index contributed by atoms with van der Waals surface area (Å²) in [5, 5.41) is 3.04. The van der Waals surface area contributed by atoms with Crippen molar-refractivity contribution in [3.05, 3.63) is 130 Å². The van der Waals surface area contributed by atoms with E-state index in [4.69, 9.17) is 14.7 Å². The Balaban J connectivity index is 0.00000435. The topological polar surface area (TPSA) is 39.4 Å². The predicted octanol–water partition coefficient (Wildman–Crippen LogP) is 11.6. The summed E-state index contributed by atoms with van der Waals surface area (Å²) in [6.07, 6.45) is 0.203. The first kappa shape index (κ1) is 33.2. The van der Waals surface area contributed by atoms with Gasteiger partial charge >= 0.3 is 21.1 Å². The van der Waals surface area contributed by atoms with Gasteiger partial charge in [-0.1, -0.05) is 77.6 Å². The van der Waals surface area contributed by atoms with Gasteiger partial charge in [0.1, 0.15) is 5.65 Å². The van der Waals surface area contributed by atoms with Crippen LogP contribution in [0.25, 0.3) is 27.6 Å². The molecule has 6 heteroatoms. The first-order valence-corrected chi connectivity index (χ1v) is 18.3. The fourth-order valence-electron chi connectivity index (χ4n) is 7.40. The maximum Gasteiger partial charge on any atom is 2.00 e. The predicted molar refractivity (Wildman–Crippen MR) is 210 cm³/mol. The van der Waals surface area contributed by atoms with Gasteiger partial charge in [-0.2, -0.15) is 5.56 Å². The number of fused-ring (bicyclic) bond motifs is 6. The Bertz CT molecular complexity index is 2500. The number of aliphatic imine (C=N–C) groups is 1. The molecule has 0 N–H and O–H groups in total. The summed E-state index contributed by atoms with van der Waals surface area (Å²) in [7, 11) is 0. The first-order valence-electron chi connectivity index (χ1n) is 18.5. The SMILES string of the molecule is [2H]C1([2H])c2c(ccc(C)c2C)[C@]2(C)SC(c3[c-]c(Oc4[c-]c(-n5c6ccc(C(C)(C)C)cc6c6cccnc65)cc(C)c4)cc(C(C)C)c3)=N[C@]12C.[Pt+2]. The van der Waals surface area contributed by atoms with Gasteiger partial charge in [0.15, 0.2) is 0 Å². The molecule has 0 saturated heterocycles. The quantitative estimate of drug-likeness (QED) is 0.162. The summed E-state index contributed by atoms with van der Waals surface area (Å²) in [4.78, 5) is 10.1. The summed E-state index contributed by atoms with van der Waals surface area (Å²) in [6, 6.07) is 30.5. The van der Waals surface area contributed by atoms with Gasteiger partial charge in [-0.15, -0.1) is 47.2 Å².